The van der Waals surface area contributed by atoms with Crippen LogP contribution in [0, 0.1) is 0 Å². The molecule has 1 aromatic rings. The maximum absolute atomic E-state index is 12.0. The van der Waals surface area contributed by atoms with Gasteiger partial charge in [-0.1, -0.05) is 35.2 Å². The van der Waals surface area contributed by atoms with Crippen LogP contribution in [0.3, 0.4) is 0 Å². The molecule has 0 bridgehead atoms. The van der Waals surface area contributed by atoms with Crippen molar-refractivity contribution in [3.8, 4) is 0 Å². The van der Waals surface area contributed by atoms with E-state index in [0.717, 1.165) is 17.3 Å². The maximum Gasteiger partial charge on any atom is 0.251 e. The second kappa shape index (κ2) is 7.27. The van der Waals surface area contributed by atoms with Gasteiger partial charge in [0.2, 0.25) is 0 Å². The van der Waals surface area contributed by atoms with E-state index in [1.54, 1.807) is 0 Å². The lowest BCUT2D eigenvalue weighted by Gasteiger charge is -2.33. The minimum Gasteiger partial charge on any atom is -0.350 e. The summed E-state index contributed by atoms with van der Waals surface area (Å²) in [7, 11) is 0. The van der Waals surface area contributed by atoms with Crippen LogP contribution in [0.15, 0.2) is 28.7 Å². The number of nitrogens with one attached hydrogen (secondary N) is 1. The van der Waals surface area contributed by atoms with Gasteiger partial charge in [-0.25, -0.2) is 0 Å². The molecule has 19 heavy (non-hydrogen) atoms. The molecule has 0 aromatic heterocycles. The quantitative estimate of drug-likeness (QED) is 0.881. The van der Waals surface area contributed by atoms with Crippen LogP contribution in [0.2, 0.25) is 0 Å². The Bertz CT molecular complexity index is 416. The van der Waals surface area contributed by atoms with Gasteiger partial charge in [0.25, 0.3) is 5.91 Å². The first-order chi connectivity index (χ1) is 8.59. The molecule has 5 heteroatoms. The number of hydrogen-bond acceptors (Lipinski definition) is 2. The van der Waals surface area contributed by atoms with Gasteiger partial charge in [0.05, 0.1) is 0 Å². The molecule has 0 aliphatic heterocycles. The molecule has 0 saturated heterocycles. The van der Waals surface area contributed by atoms with E-state index in [0.29, 0.717) is 12.1 Å². The molecule has 0 radical (unpaired) electrons. The molecule has 1 aliphatic rings. The number of nitrogens with two attached hydrogens (primary N) is 1. The standard InChI is InChI=1S/C14H19BrN2O.ClH/c15-12-6-4-11(5-7-12)13(18)17-10-14(16)8-2-1-3-9-14;/h4-7H,1-3,8-10,16H2,(H,17,18);1H. The van der Waals surface area contributed by atoms with Gasteiger partial charge in [-0.3, -0.25) is 4.79 Å². The maximum atomic E-state index is 12.0. The van der Waals surface area contributed by atoms with E-state index in [4.69, 9.17) is 5.73 Å². The molecule has 2 rings (SSSR count). The van der Waals surface area contributed by atoms with E-state index in [-0.39, 0.29) is 23.9 Å². The molecule has 0 atom stereocenters. The molecule has 1 saturated carbocycles. The monoisotopic (exact) mass is 346 g/mol. The Morgan fingerprint density at radius 3 is 2.37 bits per heavy atom. The second-order valence-corrected chi connectivity index (χ2v) is 6.03. The number of rotatable bonds is 3. The van der Waals surface area contributed by atoms with E-state index in [1.165, 1.54) is 19.3 Å². The molecule has 1 aromatic carbocycles. The number of hydrogen-bond donors (Lipinski definition) is 2. The van der Waals surface area contributed by atoms with Crippen molar-refractivity contribution in [2.24, 2.45) is 5.73 Å². The van der Waals surface area contributed by atoms with Crippen molar-refractivity contribution in [3.63, 3.8) is 0 Å². The predicted molar refractivity (Wildman–Crippen MR) is 83.7 cm³/mol. The average Bonchev–Trinajstić information content (AvgIpc) is 2.38. The Labute approximate surface area is 128 Å². The minimum absolute atomic E-state index is 0. The summed E-state index contributed by atoms with van der Waals surface area (Å²) in [5.74, 6) is -0.0436. The van der Waals surface area contributed by atoms with Gasteiger partial charge in [0.1, 0.15) is 0 Å². The highest BCUT2D eigenvalue weighted by Gasteiger charge is 2.27. The summed E-state index contributed by atoms with van der Waals surface area (Å²) in [5.41, 5.74) is 6.76. The summed E-state index contributed by atoms with van der Waals surface area (Å²) in [4.78, 5) is 12.0. The van der Waals surface area contributed by atoms with Crippen molar-refractivity contribution in [2.45, 2.75) is 37.6 Å². The van der Waals surface area contributed by atoms with E-state index in [1.807, 2.05) is 24.3 Å². The average molecular weight is 348 g/mol. The van der Waals surface area contributed by atoms with Crippen LogP contribution >= 0.6 is 28.3 Å². The van der Waals surface area contributed by atoms with Crippen LogP contribution in [0.1, 0.15) is 42.5 Å². The highest BCUT2D eigenvalue weighted by atomic mass is 79.9. The van der Waals surface area contributed by atoms with Crippen molar-refractivity contribution in [3.05, 3.63) is 34.3 Å². The fourth-order valence-corrected chi connectivity index (χ4v) is 2.66. The molecule has 3 nitrogen and oxygen atoms in total. The van der Waals surface area contributed by atoms with Gasteiger partial charge in [0.15, 0.2) is 0 Å². The number of amides is 1. The van der Waals surface area contributed by atoms with E-state index < -0.39 is 0 Å². The van der Waals surface area contributed by atoms with Gasteiger partial charge >= 0.3 is 0 Å². The molecule has 1 aliphatic carbocycles. The smallest absolute Gasteiger partial charge is 0.251 e. The summed E-state index contributed by atoms with van der Waals surface area (Å²) in [6.45, 7) is 0.571. The largest absolute Gasteiger partial charge is 0.350 e. The van der Waals surface area contributed by atoms with Gasteiger partial charge in [-0.05, 0) is 37.1 Å². The highest BCUT2D eigenvalue weighted by molar-refractivity contribution is 9.10. The predicted octanol–water partition coefficient (Wildman–Crippen LogP) is 3.26. The Morgan fingerprint density at radius 1 is 1.21 bits per heavy atom. The Morgan fingerprint density at radius 2 is 1.79 bits per heavy atom. The van der Waals surface area contributed by atoms with Gasteiger partial charge < -0.3 is 11.1 Å². The van der Waals surface area contributed by atoms with Crippen molar-refractivity contribution in [1.29, 1.82) is 0 Å². The second-order valence-electron chi connectivity index (χ2n) is 5.11. The zero-order chi connectivity index (χ0) is 13.0. The van der Waals surface area contributed by atoms with E-state index >= 15 is 0 Å². The van der Waals surface area contributed by atoms with Gasteiger partial charge in [0, 0.05) is 22.1 Å². The SMILES string of the molecule is Cl.NC1(CNC(=O)c2ccc(Br)cc2)CCCCC1. The first-order valence-electron chi connectivity index (χ1n) is 6.42. The molecule has 1 fully saturated rings. The molecule has 0 unspecified atom stereocenters. The number of carbonyl (C=O) groups is 1. The topological polar surface area (TPSA) is 55.1 Å². The third kappa shape index (κ3) is 4.79. The van der Waals surface area contributed by atoms with Crippen LogP contribution in [0.5, 0.6) is 0 Å². The molecular formula is C14H20BrClN2O. The zero-order valence-corrected chi connectivity index (χ0v) is 13.2. The third-order valence-corrected chi connectivity index (χ3v) is 4.09. The number of halogens is 2. The van der Waals surface area contributed by atoms with Crippen LogP contribution < -0.4 is 11.1 Å². The van der Waals surface area contributed by atoms with Crippen LogP contribution in [-0.2, 0) is 0 Å². The van der Waals surface area contributed by atoms with Crippen molar-refractivity contribution >= 4 is 34.2 Å². The molecular weight excluding hydrogens is 328 g/mol. The van der Waals surface area contributed by atoms with Crippen molar-refractivity contribution in [2.75, 3.05) is 6.54 Å². The highest BCUT2D eigenvalue weighted by Crippen LogP contribution is 2.25. The van der Waals surface area contributed by atoms with Gasteiger partial charge in [-0.2, -0.15) is 0 Å². The first-order valence-corrected chi connectivity index (χ1v) is 7.21. The minimum atomic E-state index is -0.205. The number of carbonyl (C=O) groups excluding carboxylic acids is 1. The molecule has 0 spiro atoms. The van der Waals surface area contributed by atoms with Crippen LogP contribution in [0.4, 0.5) is 0 Å². The normalized spacial score (nSPS) is 17.4. The van der Waals surface area contributed by atoms with Crippen molar-refractivity contribution in [1.82, 2.24) is 5.32 Å². The Balaban J connectivity index is 0.00000180. The summed E-state index contributed by atoms with van der Waals surface area (Å²) < 4.78 is 0.974. The lowest BCUT2D eigenvalue weighted by Crippen LogP contribution is -2.51. The van der Waals surface area contributed by atoms with E-state index in [9.17, 15) is 4.79 Å². The zero-order valence-electron chi connectivity index (χ0n) is 10.8. The lowest BCUT2D eigenvalue weighted by atomic mass is 9.82. The van der Waals surface area contributed by atoms with Crippen LogP contribution in [0.25, 0.3) is 0 Å². The summed E-state index contributed by atoms with van der Waals surface area (Å²) in [6.07, 6.45) is 5.62. The van der Waals surface area contributed by atoms with Crippen LogP contribution in [-0.4, -0.2) is 18.0 Å². The Hall–Kier alpha value is -0.580. The fourth-order valence-electron chi connectivity index (χ4n) is 2.39. The Kier molecular flexibility index (Phi) is 6.30. The molecule has 1 amide bonds. The molecule has 3 N–H and O–H groups in total. The first kappa shape index (κ1) is 16.5. The summed E-state index contributed by atoms with van der Waals surface area (Å²) >= 11 is 3.35. The van der Waals surface area contributed by atoms with Gasteiger partial charge in [-0.15, -0.1) is 12.4 Å². The molecule has 0 heterocycles. The number of benzene rings is 1. The summed E-state index contributed by atoms with van der Waals surface area (Å²) in [5, 5.41) is 2.95. The lowest BCUT2D eigenvalue weighted by molar-refractivity contribution is 0.0937. The van der Waals surface area contributed by atoms with E-state index in [2.05, 4.69) is 21.2 Å². The third-order valence-electron chi connectivity index (χ3n) is 3.56. The van der Waals surface area contributed by atoms with Crippen molar-refractivity contribution < 1.29 is 4.79 Å². The molecule has 106 valence electrons. The summed E-state index contributed by atoms with van der Waals surface area (Å²) in [6, 6.07) is 7.36. The fraction of sp³-hybridized carbons (Fsp3) is 0.500.